The molecule has 11 aromatic rings. The van der Waals surface area contributed by atoms with E-state index in [9.17, 15) is 0 Å². The highest BCUT2D eigenvalue weighted by atomic mass is 16.3. The molecule has 0 saturated carbocycles. The molecule has 2 aliphatic carbocycles. The fraction of sp³-hybridized carbons (Fsp3) is 0.0806. The highest BCUT2D eigenvalue weighted by Crippen LogP contribution is 2.64. The van der Waals surface area contributed by atoms with Crippen LogP contribution in [0.1, 0.15) is 52.8 Å². The van der Waals surface area contributed by atoms with Crippen LogP contribution in [0.25, 0.3) is 89.5 Å². The highest BCUT2D eigenvalue weighted by molar-refractivity contribution is 6.13. The summed E-state index contributed by atoms with van der Waals surface area (Å²) in [6, 6.07) is 74.0. The molecular formula is C62H43N3O. The number of nitrogens with zero attached hydrogens (tertiary/aromatic N) is 3. The first kappa shape index (κ1) is 38.3. The quantitative estimate of drug-likeness (QED) is 0.173. The van der Waals surface area contributed by atoms with E-state index in [4.69, 9.17) is 19.4 Å². The standard InChI is InChI=1S/C62H43N3O/c1-38-36-43(44-23-17-31-54-56(44)45-22-10-15-30-53(45)66-54)37-47-55-46(24-16-29-52(55)62(57(38)47)50-27-13-11-25-48(50)61(2,3)49-26-12-14-28-51(49)62)60-64-58(41-20-8-5-9-21-41)63-59(65-60)42-34-32-40(33-35-42)39-18-6-4-7-19-39/h4-37H,1-3H3. The van der Waals surface area contributed by atoms with Crippen LogP contribution in [-0.4, -0.2) is 15.0 Å². The van der Waals surface area contributed by atoms with Gasteiger partial charge in [-0.1, -0.05) is 202 Å². The van der Waals surface area contributed by atoms with Crippen LogP contribution in [-0.2, 0) is 10.8 Å². The van der Waals surface area contributed by atoms with Crippen LogP contribution >= 0.6 is 0 Å². The molecule has 13 rings (SSSR count). The number of para-hydroxylation sites is 1. The molecule has 0 unspecified atom stereocenters. The Hall–Kier alpha value is -8.21. The number of benzene rings is 9. The minimum atomic E-state index is -0.619. The number of rotatable bonds is 5. The van der Waals surface area contributed by atoms with Crippen LogP contribution in [0, 0.1) is 6.92 Å². The lowest BCUT2D eigenvalue weighted by Gasteiger charge is -2.47. The Morgan fingerprint density at radius 3 is 1.58 bits per heavy atom. The number of furan rings is 1. The van der Waals surface area contributed by atoms with Gasteiger partial charge in [0.15, 0.2) is 17.5 Å². The van der Waals surface area contributed by atoms with E-state index in [0.717, 1.165) is 60.9 Å². The average molecular weight is 846 g/mol. The van der Waals surface area contributed by atoms with E-state index in [0.29, 0.717) is 17.5 Å². The van der Waals surface area contributed by atoms with E-state index in [-0.39, 0.29) is 5.41 Å². The first-order valence-corrected chi connectivity index (χ1v) is 22.8. The van der Waals surface area contributed by atoms with Crippen molar-refractivity contribution in [3.8, 4) is 67.5 Å². The van der Waals surface area contributed by atoms with E-state index in [2.05, 4.69) is 197 Å². The predicted molar refractivity (Wildman–Crippen MR) is 268 cm³/mol. The molecule has 0 bridgehead atoms. The van der Waals surface area contributed by atoms with Crippen LogP contribution < -0.4 is 0 Å². The third-order valence-electron chi connectivity index (χ3n) is 14.3. The minimum Gasteiger partial charge on any atom is -0.456 e. The maximum Gasteiger partial charge on any atom is 0.164 e. The second-order valence-corrected chi connectivity index (χ2v) is 18.3. The molecule has 0 radical (unpaired) electrons. The summed E-state index contributed by atoms with van der Waals surface area (Å²) in [6.45, 7) is 7.06. The van der Waals surface area contributed by atoms with Gasteiger partial charge in [-0.15, -0.1) is 0 Å². The van der Waals surface area contributed by atoms with E-state index < -0.39 is 5.41 Å². The Bertz CT molecular complexity index is 3690. The van der Waals surface area contributed by atoms with Gasteiger partial charge in [-0.3, -0.25) is 0 Å². The summed E-state index contributed by atoms with van der Waals surface area (Å²) >= 11 is 0. The molecule has 2 aliphatic rings. The molecule has 312 valence electrons. The van der Waals surface area contributed by atoms with Crippen molar-refractivity contribution in [1.29, 1.82) is 0 Å². The zero-order valence-corrected chi connectivity index (χ0v) is 36.9. The van der Waals surface area contributed by atoms with Crippen LogP contribution in [0.3, 0.4) is 0 Å². The Balaban J connectivity index is 1.12. The van der Waals surface area contributed by atoms with Gasteiger partial charge in [0.05, 0.1) is 5.41 Å². The van der Waals surface area contributed by atoms with Gasteiger partial charge in [-0.05, 0) is 97.4 Å². The molecular weight excluding hydrogens is 803 g/mol. The van der Waals surface area contributed by atoms with Gasteiger partial charge in [0.2, 0.25) is 0 Å². The lowest BCUT2D eigenvalue weighted by Crippen LogP contribution is -2.41. The molecule has 0 N–H and O–H groups in total. The van der Waals surface area contributed by atoms with Crippen molar-refractivity contribution in [2.45, 2.75) is 31.6 Å². The van der Waals surface area contributed by atoms with Gasteiger partial charge in [0.1, 0.15) is 11.2 Å². The van der Waals surface area contributed by atoms with Crippen molar-refractivity contribution in [2.24, 2.45) is 0 Å². The molecule has 66 heavy (non-hydrogen) atoms. The Kier molecular flexibility index (Phi) is 8.35. The third kappa shape index (κ3) is 5.48. The largest absolute Gasteiger partial charge is 0.456 e. The van der Waals surface area contributed by atoms with Crippen LogP contribution in [0.4, 0.5) is 0 Å². The summed E-state index contributed by atoms with van der Waals surface area (Å²) in [5, 5.41) is 2.23. The first-order valence-electron chi connectivity index (χ1n) is 22.8. The van der Waals surface area contributed by atoms with E-state index >= 15 is 0 Å². The fourth-order valence-corrected chi connectivity index (χ4v) is 11.5. The molecule has 0 atom stereocenters. The lowest BCUT2D eigenvalue weighted by atomic mass is 9.55. The average Bonchev–Trinajstić information content (AvgIpc) is 3.91. The molecule has 0 amide bonds. The number of fused-ring (bicyclic) bond motifs is 12. The Morgan fingerprint density at radius 2 is 0.879 bits per heavy atom. The zero-order valence-electron chi connectivity index (χ0n) is 36.9. The summed E-state index contributed by atoms with van der Waals surface area (Å²) in [5.41, 5.74) is 19.7. The SMILES string of the molecule is Cc1cc(-c2cccc3oc4ccccc4c23)cc2c1C1(c3ccccc3C(C)(C)c3ccccc31)c1cccc(-c3nc(-c4ccccc4)nc(-c4ccc(-c5ccccc5)cc4)n3)c1-2. The topological polar surface area (TPSA) is 51.8 Å². The van der Waals surface area contributed by atoms with Gasteiger partial charge in [0.25, 0.3) is 0 Å². The maximum atomic E-state index is 6.46. The second kappa shape index (κ2) is 14.4. The minimum absolute atomic E-state index is 0.228. The molecule has 4 heteroatoms. The van der Waals surface area contributed by atoms with Gasteiger partial charge in [-0.2, -0.15) is 0 Å². The van der Waals surface area contributed by atoms with Crippen LogP contribution in [0.2, 0.25) is 0 Å². The summed E-state index contributed by atoms with van der Waals surface area (Å²) in [7, 11) is 0. The summed E-state index contributed by atoms with van der Waals surface area (Å²) in [6.07, 6.45) is 0. The lowest BCUT2D eigenvalue weighted by molar-refractivity contribution is 0.562. The molecule has 1 spiro atoms. The third-order valence-corrected chi connectivity index (χ3v) is 14.3. The van der Waals surface area contributed by atoms with Crippen molar-refractivity contribution >= 4 is 21.9 Å². The number of hydrogen-bond acceptors (Lipinski definition) is 4. The van der Waals surface area contributed by atoms with Crippen molar-refractivity contribution in [3.05, 3.63) is 245 Å². The number of aryl methyl sites for hydroxylation is 1. The number of hydrogen-bond donors (Lipinski definition) is 0. The van der Waals surface area contributed by atoms with Crippen molar-refractivity contribution in [2.75, 3.05) is 0 Å². The second-order valence-electron chi connectivity index (χ2n) is 18.3. The first-order chi connectivity index (χ1) is 32.4. The summed E-state index contributed by atoms with van der Waals surface area (Å²) < 4.78 is 6.46. The van der Waals surface area contributed by atoms with Crippen molar-refractivity contribution in [3.63, 3.8) is 0 Å². The summed E-state index contributed by atoms with van der Waals surface area (Å²) in [5.74, 6) is 1.89. The predicted octanol–water partition coefficient (Wildman–Crippen LogP) is 15.4. The maximum absolute atomic E-state index is 6.46. The molecule has 0 aliphatic heterocycles. The Morgan fingerprint density at radius 1 is 0.379 bits per heavy atom. The molecule has 9 aromatic carbocycles. The zero-order chi connectivity index (χ0) is 44.1. The smallest absolute Gasteiger partial charge is 0.164 e. The van der Waals surface area contributed by atoms with Crippen LogP contribution in [0.5, 0.6) is 0 Å². The molecule has 0 fully saturated rings. The number of aromatic nitrogens is 3. The molecule has 4 nitrogen and oxygen atoms in total. The molecule has 2 heterocycles. The van der Waals surface area contributed by atoms with E-state index in [1.54, 1.807) is 0 Å². The highest BCUT2D eigenvalue weighted by Gasteiger charge is 2.54. The van der Waals surface area contributed by atoms with E-state index in [1.807, 2.05) is 30.3 Å². The molecule has 0 saturated heterocycles. The van der Waals surface area contributed by atoms with Gasteiger partial charge >= 0.3 is 0 Å². The van der Waals surface area contributed by atoms with Gasteiger partial charge < -0.3 is 4.42 Å². The van der Waals surface area contributed by atoms with E-state index in [1.165, 1.54) is 50.1 Å². The normalized spacial score (nSPS) is 13.9. The Labute approximate surface area is 384 Å². The fourth-order valence-electron chi connectivity index (χ4n) is 11.5. The summed E-state index contributed by atoms with van der Waals surface area (Å²) in [4.78, 5) is 16.0. The van der Waals surface area contributed by atoms with Crippen LogP contribution in [0.15, 0.2) is 211 Å². The monoisotopic (exact) mass is 845 g/mol. The van der Waals surface area contributed by atoms with Crippen molar-refractivity contribution in [1.82, 2.24) is 15.0 Å². The van der Waals surface area contributed by atoms with Gasteiger partial charge in [-0.25, -0.2) is 15.0 Å². The van der Waals surface area contributed by atoms with Crippen molar-refractivity contribution < 1.29 is 4.42 Å². The molecule has 2 aromatic heterocycles. The van der Waals surface area contributed by atoms with Gasteiger partial charge in [0, 0.05) is 32.9 Å².